The highest BCUT2D eigenvalue weighted by molar-refractivity contribution is 5.80. The van der Waals surface area contributed by atoms with Gasteiger partial charge in [-0.25, -0.2) is 0 Å². The first-order valence-corrected chi connectivity index (χ1v) is 10.2. The minimum atomic E-state index is 0.364. The standard InChI is InChI=1S/C21H36N4O3/c1-5-22-21(23-10-7-6-8-12-26-2)24-17-9-11-25(16-17)18-13-19(27-3)15-20(14-18)28-4/h13-15,17H,5-12,16H2,1-4H3,(H2,22,23,24). The summed E-state index contributed by atoms with van der Waals surface area (Å²) < 4.78 is 15.9. The molecule has 0 aliphatic carbocycles. The molecule has 0 radical (unpaired) electrons. The molecule has 7 heteroatoms. The van der Waals surface area contributed by atoms with E-state index in [2.05, 4.69) is 34.6 Å². The molecule has 1 aromatic rings. The molecule has 0 spiro atoms. The number of aliphatic imine (C=N–C) groups is 1. The Kier molecular flexibility index (Phi) is 9.76. The molecule has 1 unspecified atom stereocenters. The molecule has 1 saturated heterocycles. The van der Waals surface area contributed by atoms with E-state index in [0.717, 1.165) is 81.6 Å². The van der Waals surface area contributed by atoms with Crippen LogP contribution in [0.2, 0.25) is 0 Å². The van der Waals surface area contributed by atoms with Crippen molar-refractivity contribution in [1.82, 2.24) is 10.6 Å². The minimum Gasteiger partial charge on any atom is -0.497 e. The Hall–Kier alpha value is -2.15. The average Bonchev–Trinajstić information content (AvgIpc) is 3.18. The van der Waals surface area contributed by atoms with E-state index in [4.69, 9.17) is 19.2 Å². The molecule has 0 bridgehead atoms. The monoisotopic (exact) mass is 392 g/mol. The number of unbranched alkanes of at least 4 members (excludes halogenated alkanes) is 2. The number of anilines is 1. The van der Waals surface area contributed by atoms with Crippen molar-refractivity contribution in [3.8, 4) is 11.5 Å². The molecule has 0 aromatic heterocycles. The van der Waals surface area contributed by atoms with Gasteiger partial charge in [-0.3, -0.25) is 4.99 Å². The molecule has 2 rings (SSSR count). The van der Waals surface area contributed by atoms with Gasteiger partial charge >= 0.3 is 0 Å². The van der Waals surface area contributed by atoms with Crippen molar-refractivity contribution in [3.05, 3.63) is 18.2 Å². The quantitative estimate of drug-likeness (QED) is 0.343. The largest absolute Gasteiger partial charge is 0.497 e. The van der Waals surface area contributed by atoms with Crippen LogP contribution in [0.3, 0.4) is 0 Å². The van der Waals surface area contributed by atoms with Crippen molar-refractivity contribution in [2.45, 2.75) is 38.6 Å². The lowest BCUT2D eigenvalue weighted by atomic mass is 10.2. The fraction of sp³-hybridized carbons (Fsp3) is 0.667. The summed E-state index contributed by atoms with van der Waals surface area (Å²) in [5, 5.41) is 6.94. The number of hydrogen-bond acceptors (Lipinski definition) is 5. The predicted molar refractivity (Wildman–Crippen MR) is 115 cm³/mol. The van der Waals surface area contributed by atoms with E-state index in [-0.39, 0.29) is 0 Å². The summed E-state index contributed by atoms with van der Waals surface area (Å²) in [5.41, 5.74) is 1.13. The van der Waals surface area contributed by atoms with Gasteiger partial charge in [-0.15, -0.1) is 0 Å². The van der Waals surface area contributed by atoms with Crippen LogP contribution in [0.5, 0.6) is 11.5 Å². The minimum absolute atomic E-state index is 0.364. The van der Waals surface area contributed by atoms with Gasteiger partial charge in [0.25, 0.3) is 0 Å². The Morgan fingerprint density at radius 1 is 1.11 bits per heavy atom. The molecular weight excluding hydrogens is 356 g/mol. The molecule has 0 amide bonds. The van der Waals surface area contributed by atoms with E-state index in [1.807, 2.05) is 6.07 Å². The molecular formula is C21H36N4O3. The maximum atomic E-state index is 5.40. The highest BCUT2D eigenvalue weighted by atomic mass is 16.5. The number of rotatable bonds is 11. The van der Waals surface area contributed by atoms with Crippen LogP contribution >= 0.6 is 0 Å². The fourth-order valence-corrected chi connectivity index (χ4v) is 3.33. The number of guanidine groups is 1. The second kappa shape index (κ2) is 12.3. The van der Waals surface area contributed by atoms with Crippen LogP contribution in [-0.2, 0) is 4.74 Å². The van der Waals surface area contributed by atoms with Crippen LogP contribution in [0.15, 0.2) is 23.2 Å². The van der Waals surface area contributed by atoms with Gasteiger partial charge in [-0.2, -0.15) is 0 Å². The Bertz CT molecular complexity index is 587. The summed E-state index contributed by atoms with van der Waals surface area (Å²) in [5.74, 6) is 2.53. The summed E-state index contributed by atoms with van der Waals surface area (Å²) in [7, 11) is 5.11. The number of nitrogens with one attached hydrogen (secondary N) is 2. The van der Waals surface area contributed by atoms with Crippen LogP contribution in [0.25, 0.3) is 0 Å². The topological polar surface area (TPSA) is 67.4 Å². The maximum absolute atomic E-state index is 5.40. The van der Waals surface area contributed by atoms with Crippen LogP contribution in [0.4, 0.5) is 5.69 Å². The van der Waals surface area contributed by atoms with Crippen LogP contribution in [0.1, 0.15) is 32.6 Å². The van der Waals surface area contributed by atoms with Gasteiger partial charge in [-0.1, -0.05) is 0 Å². The zero-order valence-corrected chi connectivity index (χ0v) is 17.8. The summed E-state index contributed by atoms with van der Waals surface area (Å²) >= 11 is 0. The third-order valence-corrected chi connectivity index (χ3v) is 4.85. The first-order valence-electron chi connectivity index (χ1n) is 10.2. The summed E-state index contributed by atoms with van der Waals surface area (Å²) in [6.07, 6.45) is 4.39. The molecule has 1 fully saturated rings. The van der Waals surface area contributed by atoms with Gasteiger partial charge in [0.1, 0.15) is 11.5 Å². The van der Waals surface area contributed by atoms with Crippen molar-refractivity contribution in [2.24, 2.45) is 4.99 Å². The fourth-order valence-electron chi connectivity index (χ4n) is 3.33. The first-order chi connectivity index (χ1) is 13.7. The van der Waals surface area contributed by atoms with E-state index in [9.17, 15) is 0 Å². The van der Waals surface area contributed by atoms with Gasteiger partial charge in [-0.05, 0) is 32.6 Å². The highest BCUT2D eigenvalue weighted by Gasteiger charge is 2.24. The zero-order chi connectivity index (χ0) is 20.2. The lowest BCUT2D eigenvalue weighted by Crippen LogP contribution is -2.44. The van der Waals surface area contributed by atoms with E-state index >= 15 is 0 Å². The van der Waals surface area contributed by atoms with Crippen molar-refractivity contribution in [1.29, 1.82) is 0 Å². The van der Waals surface area contributed by atoms with Crippen molar-refractivity contribution >= 4 is 11.6 Å². The molecule has 1 aliphatic rings. The Morgan fingerprint density at radius 2 is 1.86 bits per heavy atom. The lowest BCUT2D eigenvalue weighted by molar-refractivity contribution is 0.192. The van der Waals surface area contributed by atoms with Crippen molar-refractivity contribution < 1.29 is 14.2 Å². The molecule has 1 aromatic carbocycles. The van der Waals surface area contributed by atoms with Crippen LogP contribution in [0, 0.1) is 0 Å². The average molecular weight is 393 g/mol. The number of nitrogens with zero attached hydrogens (tertiary/aromatic N) is 2. The van der Waals surface area contributed by atoms with E-state index in [1.165, 1.54) is 0 Å². The summed E-state index contributed by atoms with van der Waals surface area (Å²) in [6, 6.07) is 6.38. The highest BCUT2D eigenvalue weighted by Crippen LogP contribution is 2.30. The summed E-state index contributed by atoms with van der Waals surface area (Å²) in [4.78, 5) is 7.08. The number of ether oxygens (including phenoxy) is 3. The van der Waals surface area contributed by atoms with E-state index in [0.29, 0.717) is 6.04 Å². The van der Waals surface area contributed by atoms with Gasteiger partial charge in [0.2, 0.25) is 0 Å². The molecule has 0 saturated carbocycles. The second-order valence-corrected chi connectivity index (χ2v) is 6.96. The smallest absolute Gasteiger partial charge is 0.191 e. The molecule has 158 valence electrons. The lowest BCUT2D eigenvalue weighted by Gasteiger charge is -2.21. The Morgan fingerprint density at radius 3 is 2.50 bits per heavy atom. The van der Waals surface area contributed by atoms with Gasteiger partial charge < -0.3 is 29.7 Å². The van der Waals surface area contributed by atoms with E-state index < -0.39 is 0 Å². The van der Waals surface area contributed by atoms with Crippen molar-refractivity contribution in [2.75, 3.05) is 59.0 Å². The summed E-state index contributed by atoms with van der Waals surface area (Å²) in [6.45, 7) is 6.54. The molecule has 1 aliphatic heterocycles. The normalized spacial score (nSPS) is 16.9. The van der Waals surface area contributed by atoms with Gasteiger partial charge in [0.05, 0.1) is 14.2 Å². The van der Waals surface area contributed by atoms with Crippen molar-refractivity contribution in [3.63, 3.8) is 0 Å². The number of methoxy groups -OCH3 is 3. The SMILES string of the molecule is CCNC(=NCCCCCOC)NC1CCN(c2cc(OC)cc(OC)c2)C1. The third kappa shape index (κ3) is 7.11. The second-order valence-electron chi connectivity index (χ2n) is 6.96. The Balaban J connectivity index is 1.89. The third-order valence-electron chi connectivity index (χ3n) is 4.85. The number of hydrogen-bond donors (Lipinski definition) is 2. The van der Waals surface area contributed by atoms with Crippen LogP contribution < -0.4 is 25.0 Å². The molecule has 1 atom stereocenters. The molecule has 1 heterocycles. The molecule has 2 N–H and O–H groups in total. The predicted octanol–water partition coefficient (Wildman–Crippen LogP) is 2.65. The van der Waals surface area contributed by atoms with Gasteiger partial charge in [0.15, 0.2) is 5.96 Å². The first kappa shape index (κ1) is 22.1. The Labute approximate surface area is 169 Å². The zero-order valence-electron chi connectivity index (χ0n) is 17.8. The van der Waals surface area contributed by atoms with Crippen LogP contribution in [-0.4, -0.2) is 66.1 Å². The van der Waals surface area contributed by atoms with E-state index in [1.54, 1.807) is 21.3 Å². The maximum Gasteiger partial charge on any atom is 0.191 e. The number of benzene rings is 1. The van der Waals surface area contributed by atoms with Gasteiger partial charge in [0, 0.05) is 69.8 Å². The molecule has 7 nitrogen and oxygen atoms in total. The molecule has 28 heavy (non-hydrogen) atoms.